The van der Waals surface area contributed by atoms with Gasteiger partial charge in [0.15, 0.2) is 7.29 Å². The van der Waals surface area contributed by atoms with Crippen molar-refractivity contribution in [3.05, 3.63) is 35.2 Å². The maximum Gasteiger partial charge on any atom is 0.178 e. The Morgan fingerprint density at radius 3 is 2.60 bits per heavy atom. The summed E-state index contributed by atoms with van der Waals surface area (Å²) < 4.78 is 14.7. The lowest BCUT2D eigenvalue weighted by Gasteiger charge is -2.28. The number of allylic oxidation sites excluding steroid dienone is 5. The summed E-state index contributed by atoms with van der Waals surface area (Å²) in [6.07, 6.45) is 6.44. The molecule has 1 aliphatic heterocycles. The van der Waals surface area contributed by atoms with Gasteiger partial charge in [0.05, 0.1) is 5.66 Å². The van der Waals surface area contributed by atoms with E-state index < -0.39 is 7.29 Å². The molecule has 1 aliphatic carbocycles. The van der Waals surface area contributed by atoms with Crippen molar-refractivity contribution in [3.8, 4) is 0 Å². The summed E-state index contributed by atoms with van der Waals surface area (Å²) in [6.45, 7) is 4.18. The second-order valence-electron chi connectivity index (χ2n) is 4.68. The van der Waals surface area contributed by atoms with Gasteiger partial charge in [-0.1, -0.05) is 29.4 Å². The van der Waals surface area contributed by atoms with Crippen LogP contribution in [0.1, 0.15) is 13.8 Å². The van der Waals surface area contributed by atoms with Gasteiger partial charge in [0.25, 0.3) is 0 Å². The molecule has 0 saturated heterocycles. The molecule has 0 aromatic rings. The lowest BCUT2D eigenvalue weighted by molar-refractivity contribution is 0.513. The van der Waals surface area contributed by atoms with E-state index in [0.717, 1.165) is 0 Å². The maximum absolute atomic E-state index is 12.8. The highest BCUT2D eigenvalue weighted by molar-refractivity contribution is 7.66. The van der Waals surface area contributed by atoms with Crippen molar-refractivity contribution in [2.45, 2.75) is 19.5 Å². The maximum atomic E-state index is 12.8. The second-order valence-corrected chi connectivity index (χ2v) is 7.68. The normalized spacial score (nSPS) is 39.0. The minimum Gasteiger partial charge on any atom is -0.301 e. The van der Waals surface area contributed by atoms with E-state index >= 15 is 0 Å². The monoisotopic (exact) mass is 223 g/mol. The fourth-order valence-electron chi connectivity index (χ4n) is 2.41. The van der Waals surface area contributed by atoms with Crippen LogP contribution in [0, 0.1) is 5.92 Å². The minimum atomic E-state index is -2.32. The first-order chi connectivity index (χ1) is 6.95. The van der Waals surface area contributed by atoms with Crippen LogP contribution in [0.5, 0.6) is 0 Å². The molecule has 3 unspecified atom stereocenters. The van der Waals surface area contributed by atoms with Gasteiger partial charge in [-0.05, 0) is 33.8 Å². The van der Waals surface area contributed by atoms with Crippen LogP contribution in [-0.4, -0.2) is 24.4 Å². The van der Waals surface area contributed by atoms with Gasteiger partial charge in [-0.3, -0.25) is 4.67 Å². The number of nitrogens with zero attached hydrogens (tertiary/aromatic N) is 1. The Balaban J connectivity index is 2.45. The molecule has 0 aromatic carbocycles. The van der Waals surface area contributed by atoms with Gasteiger partial charge in [-0.25, -0.2) is 0 Å². The third-order valence-corrected chi connectivity index (χ3v) is 6.71. The highest BCUT2D eigenvalue weighted by atomic mass is 31.2. The van der Waals surface area contributed by atoms with E-state index in [9.17, 15) is 4.57 Å². The van der Waals surface area contributed by atoms with Crippen LogP contribution >= 0.6 is 7.29 Å². The first-order valence-electron chi connectivity index (χ1n) is 5.28. The molecule has 0 bridgehead atoms. The van der Waals surface area contributed by atoms with Crippen molar-refractivity contribution in [1.82, 2.24) is 4.67 Å². The molecule has 0 radical (unpaired) electrons. The molecule has 0 saturated carbocycles. The van der Waals surface area contributed by atoms with E-state index in [-0.39, 0.29) is 5.66 Å². The molecule has 0 fully saturated rings. The van der Waals surface area contributed by atoms with Crippen LogP contribution in [0.4, 0.5) is 0 Å². The summed E-state index contributed by atoms with van der Waals surface area (Å²) in [7, 11) is 1.50. The molecule has 0 spiro atoms. The molecule has 82 valence electrons. The molecule has 2 nitrogen and oxygen atoms in total. The number of hydrogen-bond acceptors (Lipinski definition) is 1. The van der Waals surface area contributed by atoms with Gasteiger partial charge in [0.1, 0.15) is 0 Å². The van der Waals surface area contributed by atoms with Gasteiger partial charge < -0.3 is 4.57 Å². The van der Waals surface area contributed by atoms with Crippen molar-refractivity contribution in [2.75, 3.05) is 14.1 Å². The Morgan fingerprint density at radius 1 is 1.33 bits per heavy atom. The predicted octanol–water partition coefficient (Wildman–Crippen LogP) is 3.24. The molecule has 0 aromatic heterocycles. The molecule has 3 atom stereocenters. The van der Waals surface area contributed by atoms with Gasteiger partial charge in [-0.15, -0.1) is 0 Å². The molecular formula is C12H18NOP. The van der Waals surface area contributed by atoms with Crippen molar-refractivity contribution in [2.24, 2.45) is 5.92 Å². The molecule has 0 amide bonds. The molecule has 15 heavy (non-hydrogen) atoms. The van der Waals surface area contributed by atoms with Gasteiger partial charge in [0.2, 0.25) is 0 Å². The molecule has 2 rings (SSSR count). The van der Waals surface area contributed by atoms with Crippen molar-refractivity contribution in [1.29, 1.82) is 0 Å². The van der Waals surface area contributed by atoms with E-state index in [1.807, 2.05) is 24.6 Å². The van der Waals surface area contributed by atoms with E-state index in [1.165, 1.54) is 11.1 Å². The van der Waals surface area contributed by atoms with Crippen molar-refractivity contribution in [3.63, 3.8) is 0 Å². The molecular weight excluding hydrogens is 205 g/mol. The smallest absolute Gasteiger partial charge is 0.178 e. The summed E-state index contributed by atoms with van der Waals surface area (Å²) in [5.74, 6) is 2.34. The average Bonchev–Trinajstić information content (AvgIpc) is 2.40. The molecule has 1 heterocycles. The highest BCUT2D eigenvalue weighted by Gasteiger charge is 2.43. The summed E-state index contributed by atoms with van der Waals surface area (Å²) in [5, 5.41) is 0. The largest absolute Gasteiger partial charge is 0.301 e. The predicted molar refractivity (Wildman–Crippen MR) is 65.2 cm³/mol. The lowest BCUT2D eigenvalue weighted by atomic mass is 9.91. The number of rotatable bonds is 1. The first-order valence-corrected chi connectivity index (χ1v) is 7.08. The molecule has 0 N–H and O–H groups in total. The zero-order chi connectivity index (χ0) is 11.2. The molecule has 3 heteroatoms. The zero-order valence-electron chi connectivity index (χ0n) is 9.77. The third-order valence-electron chi connectivity index (χ3n) is 3.33. The highest BCUT2D eigenvalue weighted by Crippen LogP contribution is 2.64. The Labute approximate surface area is 91.8 Å². The number of fused-ring (bicyclic) bond motifs is 1. The fourth-order valence-corrected chi connectivity index (χ4v) is 5.21. The Morgan fingerprint density at radius 2 is 2.00 bits per heavy atom. The molecule has 2 aliphatic rings. The van der Waals surface area contributed by atoms with E-state index in [4.69, 9.17) is 0 Å². The Hall–Kier alpha value is -0.590. The van der Waals surface area contributed by atoms with Crippen LogP contribution in [0.25, 0.3) is 0 Å². The van der Waals surface area contributed by atoms with Gasteiger partial charge in [0, 0.05) is 5.92 Å². The lowest BCUT2D eigenvalue weighted by Crippen LogP contribution is -2.21. The zero-order valence-corrected chi connectivity index (χ0v) is 10.7. The minimum absolute atomic E-state index is 0.163. The Bertz CT molecular complexity index is 417. The van der Waals surface area contributed by atoms with E-state index in [2.05, 4.69) is 32.1 Å². The third kappa shape index (κ3) is 1.56. The second kappa shape index (κ2) is 3.47. The summed E-state index contributed by atoms with van der Waals surface area (Å²) in [6, 6.07) is 0. The standard InChI is InChI=1S/C12H18NOP/c1-9-5-6-12-11(7-9)10(2)8-15(12,14)13(3)4/h5-8,11-12H,1-4H3. The van der Waals surface area contributed by atoms with E-state index in [0.29, 0.717) is 5.92 Å². The van der Waals surface area contributed by atoms with Crippen molar-refractivity contribution < 1.29 is 4.57 Å². The first kappa shape index (κ1) is 10.9. The van der Waals surface area contributed by atoms with Gasteiger partial charge in [-0.2, -0.15) is 0 Å². The number of hydrogen-bond donors (Lipinski definition) is 0. The van der Waals surface area contributed by atoms with Crippen LogP contribution in [0.2, 0.25) is 0 Å². The van der Waals surface area contributed by atoms with Crippen molar-refractivity contribution >= 4 is 7.29 Å². The van der Waals surface area contributed by atoms with Crippen LogP contribution in [-0.2, 0) is 4.57 Å². The summed E-state index contributed by atoms with van der Waals surface area (Å²) in [5.41, 5.74) is 2.69. The van der Waals surface area contributed by atoms with E-state index in [1.54, 1.807) is 0 Å². The fraction of sp³-hybridized carbons (Fsp3) is 0.500. The SMILES string of the molecule is CC1=CC2C(C)=CP(=O)(N(C)C)C2C=C1. The average molecular weight is 223 g/mol. The summed E-state index contributed by atoms with van der Waals surface area (Å²) in [4.78, 5) is 0. The Kier molecular flexibility index (Phi) is 2.52. The van der Waals surface area contributed by atoms with Crippen LogP contribution in [0.3, 0.4) is 0 Å². The van der Waals surface area contributed by atoms with Crippen LogP contribution < -0.4 is 0 Å². The summed E-state index contributed by atoms with van der Waals surface area (Å²) >= 11 is 0. The quantitative estimate of drug-likeness (QED) is 0.636. The van der Waals surface area contributed by atoms with Crippen LogP contribution in [0.15, 0.2) is 35.2 Å². The topological polar surface area (TPSA) is 20.3 Å². The van der Waals surface area contributed by atoms with Gasteiger partial charge >= 0.3 is 0 Å².